The van der Waals surface area contributed by atoms with E-state index in [4.69, 9.17) is 9.47 Å². The van der Waals surface area contributed by atoms with Gasteiger partial charge in [0, 0.05) is 17.7 Å². The van der Waals surface area contributed by atoms with Crippen molar-refractivity contribution in [2.24, 2.45) is 0 Å². The molecule has 1 heterocycles. The standard InChI is InChI=1S/C31H24NO6P/c1-21-13-19-26(20-14-21)39(24-9-5-3-6-10-24,25-11-7-4-8-12-25)29-27(30(33)37-2)28(38-31(29)34)22-15-17-23(18-16-22)32(35)36/h3-20H,1-2H3. The average Bonchev–Trinajstić information content (AvgIpc) is 3.32. The van der Waals surface area contributed by atoms with E-state index < -0.39 is 23.7 Å². The summed E-state index contributed by atoms with van der Waals surface area (Å²) in [4.78, 5) is 38.2. The van der Waals surface area contributed by atoms with Crippen LogP contribution in [-0.2, 0) is 19.1 Å². The second kappa shape index (κ2) is 10.6. The Balaban J connectivity index is 1.99. The molecular formula is C31H24NO6P. The van der Waals surface area contributed by atoms with Crippen LogP contribution >= 0.6 is 6.89 Å². The number of nitro groups is 1. The summed E-state index contributed by atoms with van der Waals surface area (Å²) in [5.74, 6) is -1.38. The van der Waals surface area contributed by atoms with E-state index in [-0.39, 0.29) is 22.3 Å². The van der Waals surface area contributed by atoms with Crippen molar-refractivity contribution in [2.75, 3.05) is 7.11 Å². The average molecular weight is 538 g/mol. The lowest BCUT2D eigenvalue weighted by atomic mass is 10.1. The van der Waals surface area contributed by atoms with Gasteiger partial charge in [0.15, 0.2) is 5.76 Å². The molecule has 8 heteroatoms. The Labute approximate surface area is 225 Å². The van der Waals surface area contributed by atoms with Crippen LogP contribution in [0.4, 0.5) is 5.69 Å². The molecule has 194 valence electrons. The van der Waals surface area contributed by atoms with Crippen LogP contribution in [0.3, 0.4) is 0 Å². The summed E-state index contributed by atoms with van der Waals surface area (Å²) >= 11 is 0. The third kappa shape index (κ3) is 4.47. The van der Waals surface area contributed by atoms with Gasteiger partial charge < -0.3 is 9.47 Å². The van der Waals surface area contributed by atoms with Gasteiger partial charge in [-0.25, -0.2) is 9.59 Å². The number of hydrogen-bond donors (Lipinski definition) is 0. The number of hydrogen-bond acceptors (Lipinski definition) is 6. The number of nitrogens with zero attached hydrogens (tertiary/aromatic N) is 1. The highest BCUT2D eigenvalue weighted by atomic mass is 31.2. The van der Waals surface area contributed by atoms with Crippen LogP contribution < -0.4 is 15.9 Å². The Morgan fingerprint density at radius 2 is 1.31 bits per heavy atom. The molecule has 0 aromatic heterocycles. The highest BCUT2D eigenvalue weighted by Crippen LogP contribution is 2.50. The smallest absolute Gasteiger partial charge is 0.345 e. The Morgan fingerprint density at radius 3 is 1.79 bits per heavy atom. The van der Waals surface area contributed by atoms with Gasteiger partial charge in [-0.15, -0.1) is 0 Å². The van der Waals surface area contributed by atoms with Crippen LogP contribution in [0.15, 0.2) is 115 Å². The zero-order valence-corrected chi connectivity index (χ0v) is 22.1. The van der Waals surface area contributed by atoms with E-state index in [0.29, 0.717) is 5.56 Å². The molecule has 0 fully saturated rings. The molecule has 0 bridgehead atoms. The van der Waals surface area contributed by atoms with E-state index >= 15 is 0 Å². The van der Waals surface area contributed by atoms with Gasteiger partial charge in [-0.3, -0.25) is 10.1 Å². The van der Waals surface area contributed by atoms with Crippen LogP contribution in [0.5, 0.6) is 0 Å². The number of carbonyl (C=O) groups is 2. The Hall–Kier alpha value is -4.74. The van der Waals surface area contributed by atoms with E-state index in [1.165, 1.54) is 31.4 Å². The van der Waals surface area contributed by atoms with Gasteiger partial charge in [-0.05, 0) is 41.9 Å². The molecule has 4 aromatic rings. The van der Waals surface area contributed by atoms with Crippen LogP contribution in [-0.4, -0.2) is 29.3 Å². The molecule has 5 rings (SSSR count). The van der Waals surface area contributed by atoms with E-state index in [9.17, 15) is 19.7 Å². The fraction of sp³-hybridized carbons (Fsp3) is 0.0645. The van der Waals surface area contributed by atoms with E-state index in [2.05, 4.69) is 0 Å². The second-order valence-corrected chi connectivity index (χ2v) is 12.3. The molecule has 39 heavy (non-hydrogen) atoms. The third-order valence-corrected chi connectivity index (χ3v) is 10.9. The number of benzene rings is 4. The minimum Gasteiger partial charge on any atom is -0.465 e. The maximum absolute atomic E-state index is 14.0. The molecule has 0 atom stereocenters. The molecule has 0 unspecified atom stereocenters. The topological polar surface area (TPSA) is 95.7 Å². The molecule has 0 N–H and O–H groups in total. The Kier molecular flexibility index (Phi) is 7.01. The molecule has 4 aromatic carbocycles. The molecule has 0 saturated carbocycles. The summed E-state index contributed by atoms with van der Waals surface area (Å²) in [7, 11) is 1.25. The third-order valence-electron chi connectivity index (χ3n) is 6.63. The quantitative estimate of drug-likeness (QED) is 0.155. The van der Waals surface area contributed by atoms with Crippen molar-refractivity contribution < 1.29 is 24.0 Å². The molecule has 0 amide bonds. The summed E-state index contributed by atoms with van der Waals surface area (Å²) in [5, 5.41) is 14.0. The first-order chi connectivity index (χ1) is 18.9. The van der Waals surface area contributed by atoms with Crippen molar-refractivity contribution in [3.63, 3.8) is 0 Å². The van der Waals surface area contributed by atoms with Gasteiger partial charge in [0.05, 0.1) is 17.3 Å². The number of esters is 2. The fourth-order valence-electron chi connectivity index (χ4n) is 4.84. The number of rotatable bonds is 6. The maximum atomic E-state index is 14.0. The second-order valence-electron chi connectivity index (χ2n) is 8.92. The lowest BCUT2D eigenvalue weighted by Crippen LogP contribution is -2.34. The Bertz CT molecular complexity index is 1610. The van der Waals surface area contributed by atoms with Crippen molar-refractivity contribution in [3.05, 3.63) is 136 Å². The summed E-state index contributed by atoms with van der Waals surface area (Å²) in [6.07, 6.45) is 0. The van der Waals surface area contributed by atoms with E-state index in [0.717, 1.165) is 21.5 Å². The van der Waals surface area contributed by atoms with Gasteiger partial charge in [0.2, 0.25) is 0 Å². The van der Waals surface area contributed by atoms with Gasteiger partial charge in [-0.2, -0.15) is 0 Å². The minimum atomic E-state index is -3.01. The summed E-state index contributed by atoms with van der Waals surface area (Å²) in [6, 6.07) is 32.7. The normalized spacial score (nSPS) is 13.3. The number of methoxy groups -OCH3 is 1. The SMILES string of the molecule is COC(=O)C1=C(c2ccc([N+](=O)[O-])cc2)OC(=O)C1=P(c1ccccc1)(c1ccccc1)c1ccc(C)cc1. The first-order valence-electron chi connectivity index (χ1n) is 12.1. The van der Waals surface area contributed by atoms with Crippen molar-refractivity contribution in [2.45, 2.75) is 6.92 Å². The Morgan fingerprint density at radius 1 is 0.795 bits per heavy atom. The number of non-ortho nitro benzene ring substituents is 1. The minimum absolute atomic E-state index is 0.0120. The lowest BCUT2D eigenvalue weighted by molar-refractivity contribution is -0.384. The monoisotopic (exact) mass is 537 g/mol. The van der Waals surface area contributed by atoms with Gasteiger partial charge in [0.1, 0.15) is 5.57 Å². The molecule has 0 aliphatic carbocycles. The largest absolute Gasteiger partial charge is 0.465 e. The zero-order chi connectivity index (χ0) is 27.6. The highest BCUT2D eigenvalue weighted by molar-refractivity contribution is 7.97. The maximum Gasteiger partial charge on any atom is 0.345 e. The van der Waals surface area contributed by atoms with Gasteiger partial charge in [0.25, 0.3) is 5.69 Å². The summed E-state index contributed by atoms with van der Waals surface area (Å²) in [6.45, 7) is -1.02. The van der Waals surface area contributed by atoms with Gasteiger partial charge in [-0.1, -0.05) is 90.5 Å². The predicted octanol–water partition coefficient (Wildman–Crippen LogP) is 4.51. The van der Waals surface area contributed by atoms with E-state index in [1.54, 1.807) is 0 Å². The molecule has 0 spiro atoms. The molecule has 0 radical (unpaired) electrons. The van der Waals surface area contributed by atoms with Gasteiger partial charge >= 0.3 is 11.9 Å². The predicted molar refractivity (Wildman–Crippen MR) is 153 cm³/mol. The molecule has 7 nitrogen and oxygen atoms in total. The fourth-order valence-corrected chi connectivity index (χ4v) is 9.19. The van der Waals surface area contributed by atoms with Crippen molar-refractivity contribution in [3.8, 4) is 0 Å². The van der Waals surface area contributed by atoms with Crippen molar-refractivity contribution in [1.82, 2.24) is 0 Å². The molecule has 1 aliphatic heterocycles. The number of aryl methyl sites for hydroxylation is 1. The summed E-state index contributed by atoms with van der Waals surface area (Å²) in [5.41, 5.74) is 1.29. The van der Waals surface area contributed by atoms with Crippen LogP contribution in [0.2, 0.25) is 0 Å². The summed E-state index contributed by atoms with van der Waals surface area (Å²) < 4.78 is 11.1. The number of ether oxygens (including phenoxy) is 2. The molecular weight excluding hydrogens is 513 g/mol. The number of carbonyl (C=O) groups excluding carboxylic acids is 2. The zero-order valence-electron chi connectivity index (χ0n) is 21.2. The van der Waals surface area contributed by atoms with E-state index in [1.807, 2.05) is 91.9 Å². The van der Waals surface area contributed by atoms with Crippen molar-refractivity contribution >= 4 is 51.5 Å². The highest BCUT2D eigenvalue weighted by Gasteiger charge is 2.44. The first kappa shape index (κ1) is 25.9. The van der Waals surface area contributed by atoms with Crippen LogP contribution in [0.1, 0.15) is 11.1 Å². The van der Waals surface area contributed by atoms with Crippen LogP contribution in [0, 0.1) is 17.0 Å². The lowest BCUT2D eigenvalue weighted by Gasteiger charge is -2.31. The number of cyclic esters (lactones) is 1. The molecule has 1 aliphatic rings. The van der Waals surface area contributed by atoms with Crippen LogP contribution in [0.25, 0.3) is 5.76 Å². The first-order valence-corrected chi connectivity index (χ1v) is 13.9. The molecule has 0 saturated heterocycles. The van der Waals surface area contributed by atoms with Crippen molar-refractivity contribution in [1.29, 1.82) is 0 Å². The number of nitro benzene ring substituents is 1.